The molecule has 4 heteroatoms. The fraction of sp³-hybridized carbons (Fsp3) is 0.625. The van der Waals surface area contributed by atoms with Crippen molar-refractivity contribution < 1.29 is 4.79 Å². The lowest BCUT2D eigenvalue weighted by atomic mass is 10.1. The molecule has 0 N–H and O–H groups in total. The minimum Gasteiger partial charge on any atom is -0.338 e. The van der Waals surface area contributed by atoms with Gasteiger partial charge in [-0.2, -0.15) is 0 Å². The second-order valence-corrected chi connectivity index (χ2v) is 6.44. The highest BCUT2D eigenvalue weighted by molar-refractivity contribution is 5.80. The van der Waals surface area contributed by atoms with E-state index in [9.17, 15) is 4.79 Å². The molecular formula is C16H21N3O. The van der Waals surface area contributed by atoms with E-state index >= 15 is 0 Å². The third-order valence-corrected chi connectivity index (χ3v) is 5.02. The van der Waals surface area contributed by atoms with E-state index in [1.54, 1.807) is 0 Å². The SMILES string of the molecule is O=C1C[C@H]2[C@H](CCN2Cc2ccncc2)N1CC1CC1. The van der Waals surface area contributed by atoms with Gasteiger partial charge in [-0.25, -0.2) is 0 Å². The number of carbonyl (C=O) groups is 1. The molecule has 0 unspecified atom stereocenters. The third-order valence-electron chi connectivity index (χ3n) is 5.02. The van der Waals surface area contributed by atoms with E-state index in [0.717, 1.165) is 38.4 Å². The van der Waals surface area contributed by atoms with Gasteiger partial charge in [0.05, 0.1) is 0 Å². The van der Waals surface area contributed by atoms with Crippen molar-refractivity contribution in [2.45, 2.75) is 44.3 Å². The van der Waals surface area contributed by atoms with Gasteiger partial charge in [0.15, 0.2) is 0 Å². The fourth-order valence-corrected chi connectivity index (χ4v) is 3.74. The van der Waals surface area contributed by atoms with Gasteiger partial charge in [0.1, 0.15) is 0 Å². The first kappa shape index (κ1) is 12.3. The lowest BCUT2D eigenvalue weighted by molar-refractivity contribution is -0.129. The average Bonchev–Trinajstić information content (AvgIpc) is 3.13. The van der Waals surface area contributed by atoms with Crippen molar-refractivity contribution in [3.05, 3.63) is 30.1 Å². The highest BCUT2D eigenvalue weighted by Crippen LogP contribution is 2.37. The number of hydrogen-bond donors (Lipinski definition) is 0. The summed E-state index contributed by atoms with van der Waals surface area (Å²) in [4.78, 5) is 21.0. The second-order valence-electron chi connectivity index (χ2n) is 6.44. The number of nitrogens with zero attached hydrogens (tertiary/aromatic N) is 3. The Bertz CT molecular complexity index is 500. The molecule has 0 spiro atoms. The topological polar surface area (TPSA) is 36.4 Å². The van der Waals surface area contributed by atoms with Gasteiger partial charge in [-0.05, 0) is 42.9 Å². The summed E-state index contributed by atoms with van der Waals surface area (Å²) >= 11 is 0. The molecule has 2 aliphatic heterocycles. The number of aromatic nitrogens is 1. The summed E-state index contributed by atoms with van der Waals surface area (Å²) < 4.78 is 0. The molecule has 3 heterocycles. The maximum absolute atomic E-state index is 12.2. The average molecular weight is 271 g/mol. The van der Waals surface area contributed by atoms with Gasteiger partial charge in [0, 0.05) is 50.5 Å². The van der Waals surface area contributed by atoms with Crippen LogP contribution in [0.4, 0.5) is 0 Å². The summed E-state index contributed by atoms with van der Waals surface area (Å²) in [5.74, 6) is 1.18. The first-order valence-corrected chi connectivity index (χ1v) is 7.73. The molecule has 0 aromatic carbocycles. The maximum Gasteiger partial charge on any atom is 0.224 e. The molecule has 3 fully saturated rings. The molecule has 1 aliphatic carbocycles. The molecule has 3 aliphatic rings. The number of carbonyl (C=O) groups excluding carboxylic acids is 1. The summed E-state index contributed by atoms with van der Waals surface area (Å²) in [6.45, 7) is 3.09. The van der Waals surface area contributed by atoms with Crippen molar-refractivity contribution in [2.75, 3.05) is 13.1 Å². The molecule has 0 bridgehead atoms. The van der Waals surface area contributed by atoms with Crippen molar-refractivity contribution in [1.82, 2.24) is 14.8 Å². The molecule has 1 amide bonds. The summed E-state index contributed by atoms with van der Waals surface area (Å²) in [5, 5.41) is 0. The van der Waals surface area contributed by atoms with Crippen LogP contribution in [0, 0.1) is 5.92 Å². The van der Waals surface area contributed by atoms with E-state index < -0.39 is 0 Å². The number of fused-ring (bicyclic) bond motifs is 1. The number of pyridine rings is 1. The lowest BCUT2D eigenvalue weighted by Gasteiger charge is -2.25. The molecule has 4 rings (SSSR count). The quantitative estimate of drug-likeness (QED) is 0.836. The normalized spacial score (nSPS) is 30.0. The molecule has 106 valence electrons. The molecule has 2 atom stereocenters. The van der Waals surface area contributed by atoms with Crippen LogP contribution >= 0.6 is 0 Å². The molecule has 1 saturated carbocycles. The van der Waals surface area contributed by atoms with Crippen molar-refractivity contribution in [2.24, 2.45) is 5.92 Å². The molecule has 1 aromatic heterocycles. The molecule has 2 saturated heterocycles. The van der Waals surface area contributed by atoms with Crippen LogP contribution in [0.1, 0.15) is 31.2 Å². The van der Waals surface area contributed by atoms with Crippen LogP contribution in [-0.2, 0) is 11.3 Å². The summed E-state index contributed by atoms with van der Waals surface area (Å²) in [7, 11) is 0. The zero-order chi connectivity index (χ0) is 13.5. The number of rotatable bonds is 4. The van der Waals surface area contributed by atoms with Gasteiger partial charge >= 0.3 is 0 Å². The Labute approximate surface area is 119 Å². The number of hydrogen-bond acceptors (Lipinski definition) is 3. The van der Waals surface area contributed by atoms with Crippen LogP contribution in [-0.4, -0.2) is 45.9 Å². The molecular weight excluding hydrogens is 250 g/mol. The van der Waals surface area contributed by atoms with E-state index in [1.807, 2.05) is 12.4 Å². The van der Waals surface area contributed by atoms with E-state index in [1.165, 1.54) is 18.4 Å². The van der Waals surface area contributed by atoms with Crippen LogP contribution in [0.15, 0.2) is 24.5 Å². The van der Waals surface area contributed by atoms with E-state index in [-0.39, 0.29) is 0 Å². The van der Waals surface area contributed by atoms with E-state index in [2.05, 4.69) is 26.9 Å². The standard InChI is InChI=1S/C16H21N3O/c20-16-9-15-14(19(16)11-12-1-2-12)5-8-18(15)10-13-3-6-17-7-4-13/h3-4,6-7,12,14-15H,1-2,5,8-11H2/t14-,15-/m0/s1. The van der Waals surface area contributed by atoms with Crippen molar-refractivity contribution in [3.8, 4) is 0 Å². The van der Waals surface area contributed by atoms with Crippen LogP contribution in [0.5, 0.6) is 0 Å². The number of likely N-dealkylation sites (tertiary alicyclic amines) is 2. The van der Waals surface area contributed by atoms with Crippen molar-refractivity contribution in [1.29, 1.82) is 0 Å². The van der Waals surface area contributed by atoms with Crippen molar-refractivity contribution in [3.63, 3.8) is 0 Å². The highest BCUT2D eigenvalue weighted by atomic mass is 16.2. The van der Waals surface area contributed by atoms with Gasteiger partial charge in [0.2, 0.25) is 5.91 Å². The van der Waals surface area contributed by atoms with Crippen LogP contribution in [0.2, 0.25) is 0 Å². The predicted molar refractivity (Wildman–Crippen MR) is 75.9 cm³/mol. The largest absolute Gasteiger partial charge is 0.338 e. The predicted octanol–water partition coefficient (Wildman–Crippen LogP) is 1.67. The Kier molecular flexibility index (Phi) is 2.99. The van der Waals surface area contributed by atoms with Gasteiger partial charge in [0.25, 0.3) is 0 Å². The summed E-state index contributed by atoms with van der Waals surface area (Å²) in [6.07, 6.45) is 8.21. The minimum atomic E-state index is 0.381. The lowest BCUT2D eigenvalue weighted by Crippen LogP contribution is -2.38. The highest BCUT2D eigenvalue weighted by Gasteiger charge is 2.47. The van der Waals surface area contributed by atoms with Gasteiger partial charge in [-0.15, -0.1) is 0 Å². The maximum atomic E-state index is 12.2. The number of amides is 1. The molecule has 4 nitrogen and oxygen atoms in total. The second kappa shape index (κ2) is 4.85. The molecule has 1 aromatic rings. The first-order chi connectivity index (χ1) is 9.81. The smallest absolute Gasteiger partial charge is 0.224 e. The summed E-state index contributed by atoms with van der Waals surface area (Å²) in [6, 6.07) is 5.07. The Balaban J connectivity index is 1.45. The zero-order valence-corrected chi connectivity index (χ0v) is 11.7. The monoisotopic (exact) mass is 271 g/mol. The Morgan fingerprint density at radius 1 is 1.15 bits per heavy atom. The van der Waals surface area contributed by atoms with E-state index in [4.69, 9.17) is 0 Å². The minimum absolute atomic E-state index is 0.381. The fourth-order valence-electron chi connectivity index (χ4n) is 3.74. The van der Waals surface area contributed by atoms with Crippen LogP contribution in [0.25, 0.3) is 0 Å². The summed E-state index contributed by atoms with van der Waals surface area (Å²) in [5.41, 5.74) is 1.30. The molecule has 0 radical (unpaired) electrons. The Hall–Kier alpha value is -1.42. The third kappa shape index (κ3) is 2.22. The Morgan fingerprint density at radius 2 is 1.95 bits per heavy atom. The van der Waals surface area contributed by atoms with Crippen LogP contribution < -0.4 is 0 Å². The molecule has 20 heavy (non-hydrogen) atoms. The van der Waals surface area contributed by atoms with Gasteiger partial charge in [-0.3, -0.25) is 14.7 Å². The van der Waals surface area contributed by atoms with Crippen LogP contribution in [0.3, 0.4) is 0 Å². The zero-order valence-electron chi connectivity index (χ0n) is 11.7. The van der Waals surface area contributed by atoms with Gasteiger partial charge in [-0.1, -0.05) is 0 Å². The van der Waals surface area contributed by atoms with Gasteiger partial charge < -0.3 is 4.90 Å². The Morgan fingerprint density at radius 3 is 2.70 bits per heavy atom. The first-order valence-electron chi connectivity index (χ1n) is 7.73. The van der Waals surface area contributed by atoms with Crippen molar-refractivity contribution >= 4 is 5.91 Å². The van der Waals surface area contributed by atoms with E-state index in [0.29, 0.717) is 18.0 Å².